The van der Waals surface area contributed by atoms with Gasteiger partial charge in [0.15, 0.2) is 5.82 Å². The summed E-state index contributed by atoms with van der Waals surface area (Å²) in [5, 5.41) is 0. The summed E-state index contributed by atoms with van der Waals surface area (Å²) in [6.07, 6.45) is -1.51. The molecule has 1 amide bonds. The van der Waals surface area contributed by atoms with Gasteiger partial charge in [0.2, 0.25) is 0 Å². The molecule has 0 aliphatic heterocycles. The van der Waals surface area contributed by atoms with Gasteiger partial charge in [0, 0.05) is 12.8 Å². The van der Waals surface area contributed by atoms with Gasteiger partial charge in [0.05, 0.1) is 0 Å². The predicted molar refractivity (Wildman–Crippen MR) is 88.2 cm³/mol. The van der Waals surface area contributed by atoms with Crippen LogP contribution in [0.1, 0.15) is 24.5 Å². The van der Waals surface area contributed by atoms with E-state index < -0.39 is 17.9 Å². The Hall–Kier alpha value is -2.74. The number of rotatable bonds is 9. The molecular formula is C17H19F2N3O3. The van der Waals surface area contributed by atoms with E-state index in [0.29, 0.717) is 6.61 Å². The van der Waals surface area contributed by atoms with Gasteiger partial charge in [-0.3, -0.25) is 15.6 Å². The van der Waals surface area contributed by atoms with Crippen molar-refractivity contribution in [3.8, 4) is 5.75 Å². The molecule has 134 valence electrons. The number of aromatic nitrogens is 1. The van der Waals surface area contributed by atoms with Crippen LogP contribution in [0, 0.1) is 0 Å². The van der Waals surface area contributed by atoms with Crippen LogP contribution in [0.2, 0.25) is 0 Å². The number of halogens is 2. The van der Waals surface area contributed by atoms with E-state index in [1.807, 2.05) is 30.3 Å². The number of alkyl halides is 2. The zero-order chi connectivity index (χ0) is 18.1. The van der Waals surface area contributed by atoms with Crippen molar-refractivity contribution in [2.45, 2.75) is 20.0 Å². The summed E-state index contributed by atoms with van der Waals surface area (Å²) < 4.78 is 37.3. The van der Waals surface area contributed by atoms with Crippen LogP contribution in [0.3, 0.4) is 0 Å². The number of hydrazine groups is 1. The van der Waals surface area contributed by atoms with Crippen molar-refractivity contribution in [1.82, 2.24) is 10.4 Å². The fourth-order valence-corrected chi connectivity index (χ4v) is 1.99. The second kappa shape index (κ2) is 9.53. The Morgan fingerprint density at radius 1 is 1.24 bits per heavy atom. The smallest absolute Gasteiger partial charge is 0.271 e. The highest BCUT2D eigenvalue weighted by Crippen LogP contribution is 2.34. The number of nitrogens with one attached hydrogen (secondary N) is 2. The van der Waals surface area contributed by atoms with Crippen molar-refractivity contribution in [3.05, 3.63) is 53.7 Å². The molecule has 0 spiro atoms. The third-order valence-corrected chi connectivity index (χ3v) is 3.16. The number of pyridine rings is 1. The molecule has 0 aliphatic rings. The molecular weight excluding hydrogens is 332 g/mol. The lowest BCUT2D eigenvalue weighted by atomic mass is 10.2. The van der Waals surface area contributed by atoms with Crippen molar-refractivity contribution in [1.29, 1.82) is 0 Å². The molecule has 0 bridgehead atoms. The minimum atomic E-state index is -2.83. The lowest BCUT2D eigenvalue weighted by Crippen LogP contribution is -2.33. The Kier molecular flexibility index (Phi) is 7.09. The molecule has 0 aliphatic carbocycles. The quantitative estimate of drug-likeness (QED) is 0.679. The van der Waals surface area contributed by atoms with Gasteiger partial charge in [0.1, 0.15) is 24.5 Å². The summed E-state index contributed by atoms with van der Waals surface area (Å²) >= 11 is 0. The second-order valence-electron chi connectivity index (χ2n) is 4.96. The molecule has 0 unspecified atom stereocenters. The molecule has 1 heterocycles. The van der Waals surface area contributed by atoms with E-state index in [2.05, 4.69) is 15.8 Å². The molecule has 0 fully saturated rings. The highest BCUT2D eigenvalue weighted by molar-refractivity contribution is 5.78. The fourth-order valence-electron chi connectivity index (χ4n) is 1.99. The third kappa shape index (κ3) is 5.68. The summed E-state index contributed by atoms with van der Waals surface area (Å²) in [4.78, 5) is 15.3. The van der Waals surface area contributed by atoms with Gasteiger partial charge in [-0.1, -0.05) is 30.3 Å². The maximum absolute atomic E-state index is 13.4. The molecule has 6 nitrogen and oxygen atoms in total. The largest absolute Gasteiger partial charge is 0.488 e. The van der Waals surface area contributed by atoms with E-state index in [1.165, 1.54) is 12.3 Å². The van der Waals surface area contributed by atoms with Gasteiger partial charge in [-0.15, -0.1) is 0 Å². The van der Waals surface area contributed by atoms with Crippen LogP contribution in [-0.4, -0.2) is 24.1 Å². The molecule has 0 atom stereocenters. The molecule has 25 heavy (non-hydrogen) atoms. The average molecular weight is 351 g/mol. The van der Waals surface area contributed by atoms with Crippen LogP contribution in [0.25, 0.3) is 0 Å². The Morgan fingerprint density at radius 3 is 2.68 bits per heavy atom. The first-order chi connectivity index (χ1) is 12.1. The normalized spacial score (nSPS) is 10.6. The van der Waals surface area contributed by atoms with Crippen molar-refractivity contribution in [2.75, 3.05) is 18.6 Å². The lowest BCUT2D eigenvalue weighted by Gasteiger charge is -2.16. The van der Waals surface area contributed by atoms with Crippen molar-refractivity contribution in [2.24, 2.45) is 0 Å². The molecule has 2 N–H and O–H groups in total. The maximum atomic E-state index is 13.4. The van der Waals surface area contributed by atoms with E-state index in [9.17, 15) is 13.6 Å². The third-order valence-electron chi connectivity index (χ3n) is 3.16. The van der Waals surface area contributed by atoms with Crippen molar-refractivity contribution in [3.63, 3.8) is 0 Å². The number of hydrogen-bond donors (Lipinski definition) is 2. The van der Waals surface area contributed by atoms with Crippen LogP contribution < -0.4 is 15.6 Å². The van der Waals surface area contributed by atoms with Crippen LogP contribution in [0.5, 0.6) is 5.75 Å². The molecule has 1 aromatic heterocycles. The van der Waals surface area contributed by atoms with Crippen molar-refractivity contribution < 1.29 is 23.0 Å². The van der Waals surface area contributed by atoms with Gasteiger partial charge in [-0.25, -0.2) is 13.8 Å². The standard InChI is InChI=1S/C17H19F2N3O3/c1-2-24-11-14(23)21-22-17-15(16(18)19)13(8-9-20-17)25-10-12-6-4-3-5-7-12/h3-9,16H,2,10-11H2,1H3,(H,20,22)(H,21,23). The monoisotopic (exact) mass is 351 g/mol. The van der Waals surface area contributed by atoms with E-state index in [-0.39, 0.29) is 24.8 Å². The molecule has 0 saturated carbocycles. The molecule has 0 radical (unpaired) electrons. The van der Waals surface area contributed by atoms with Gasteiger partial charge in [-0.2, -0.15) is 0 Å². The summed E-state index contributed by atoms with van der Waals surface area (Å²) in [6, 6.07) is 10.5. The Balaban J connectivity index is 2.08. The fraction of sp³-hybridized carbons (Fsp3) is 0.294. The van der Waals surface area contributed by atoms with Crippen LogP contribution in [0.4, 0.5) is 14.6 Å². The van der Waals surface area contributed by atoms with Gasteiger partial charge in [-0.05, 0) is 18.6 Å². The van der Waals surface area contributed by atoms with E-state index in [4.69, 9.17) is 9.47 Å². The molecule has 2 rings (SSSR count). The SMILES string of the molecule is CCOCC(=O)NNc1nccc(OCc2ccccc2)c1C(F)F. The summed E-state index contributed by atoms with van der Waals surface area (Å²) in [5.41, 5.74) is 5.08. The molecule has 0 saturated heterocycles. The number of carbonyl (C=O) groups excluding carboxylic acids is 1. The number of carbonyl (C=O) groups is 1. The zero-order valence-corrected chi connectivity index (χ0v) is 13.7. The van der Waals surface area contributed by atoms with Crippen LogP contribution >= 0.6 is 0 Å². The average Bonchev–Trinajstić information content (AvgIpc) is 2.63. The Morgan fingerprint density at radius 2 is 2.00 bits per heavy atom. The highest BCUT2D eigenvalue weighted by Gasteiger charge is 2.21. The summed E-state index contributed by atoms with van der Waals surface area (Å²) in [7, 11) is 0. The Bertz CT molecular complexity index is 684. The van der Waals surface area contributed by atoms with E-state index in [0.717, 1.165) is 5.56 Å². The van der Waals surface area contributed by atoms with E-state index >= 15 is 0 Å². The van der Waals surface area contributed by atoms with Crippen molar-refractivity contribution >= 4 is 11.7 Å². The number of nitrogens with zero attached hydrogens (tertiary/aromatic N) is 1. The first kappa shape index (κ1) is 18.6. The summed E-state index contributed by atoms with van der Waals surface area (Å²) in [6.45, 7) is 2.07. The minimum Gasteiger partial charge on any atom is -0.488 e. The second-order valence-corrected chi connectivity index (χ2v) is 4.96. The van der Waals surface area contributed by atoms with Gasteiger partial charge >= 0.3 is 0 Å². The first-order valence-corrected chi connectivity index (χ1v) is 7.68. The number of amides is 1. The number of ether oxygens (including phenoxy) is 2. The first-order valence-electron chi connectivity index (χ1n) is 7.68. The molecule has 1 aromatic carbocycles. The minimum absolute atomic E-state index is 0.00425. The lowest BCUT2D eigenvalue weighted by molar-refractivity contribution is -0.125. The number of hydrogen-bond acceptors (Lipinski definition) is 5. The Labute approximate surface area is 144 Å². The maximum Gasteiger partial charge on any atom is 0.271 e. The topological polar surface area (TPSA) is 72.5 Å². The van der Waals surface area contributed by atoms with Crippen LogP contribution in [-0.2, 0) is 16.1 Å². The van der Waals surface area contributed by atoms with E-state index in [1.54, 1.807) is 6.92 Å². The van der Waals surface area contributed by atoms with Gasteiger partial charge in [0.25, 0.3) is 12.3 Å². The number of benzene rings is 1. The molecule has 2 aromatic rings. The number of anilines is 1. The molecule has 8 heteroatoms. The van der Waals surface area contributed by atoms with Crippen LogP contribution in [0.15, 0.2) is 42.6 Å². The summed E-state index contributed by atoms with van der Waals surface area (Å²) in [5.74, 6) is -0.680. The zero-order valence-electron chi connectivity index (χ0n) is 13.7. The van der Waals surface area contributed by atoms with Gasteiger partial charge < -0.3 is 9.47 Å². The highest BCUT2D eigenvalue weighted by atomic mass is 19.3. The predicted octanol–water partition coefficient (Wildman–Crippen LogP) is 3.08.